The summed E-state index contributed by atoms with van der Waals surface area (Å²) >= 11 is 0. The van der Waals surface area contributed by atoms with E-state index < -0.39 is 5.60 Å². The Balaban J connectivity index is 2.25. The second-order valence-corrected chi connectivity index (χ2v) is 5.26. The van der Waals surface area contributed by atoms with E-state index in [4.69, 9.17) is 0 Å². The van der Waals surface area contributed by atoms with Crippen LogP contribution in [0.5, 0.6) is 0 Å². The quantitative estimate of drug-likeness (QED) is 0.597. The summed E-state index contributed by atoms with van der Waals surface area (Å²) < 4.78 is 0. The molecule has 1 saturated carbocycles. The molecule has 0 spiro atoms. The van der Waals surface area contributed by atoms with Crippen LogP contribution in [0.2, 0.25) is 0 Å². The van der Waals surface area contributed by atoms with E-state index in [-0.39, 0.29) is 24.7 Å². The minimum atomic E-state index is -0.805. The Morgan fingerprint density at radius 3 is 2.28 bits per heavy atom. The van der Waals surface area contributed by atoms with Crippen molar-refractivity contribution in [2.45, 2.75) is 70.1 Å². The lowest BCUT2D eigenvalue weighted by molar-refractivity contribution is 0.0347. The molecule has 0 bridgehead atoms. The number of aliphatic hydroxyl groups excluding tert-OH is 1. The van der Waals surface area contributed by atoms with Gasteiger partial charge in [-0.2, -0.15) is 0 Å². The Labute approximate surface area is 109 Å². The fourth-order valence-corrected chi connectivity index (χ4v) is 2.20. The molecule has 18 heavy (non-hydrogen) atoms. The molecule has 0 radical (unpaired) electrons. The van der Waals surface area contributed by atoms with Gasteiger partial charge in [0.05, 0.1) is 11.7 Å². The van der Waals surface area contributed by atoms with E-state index in [0.29, 0.717) is 12.8 Å². The van der Waals surface area contributed by atoms with Crippen molar-refractivity contribution < 1.29 is 15.0 Å². The fourth-order valence-electron chi connectivity index (χ4n) is 2.20. The molecule has 4 N–H and O–H groups in total. The molecule has 0 aromatic heterocycles. The van der Waals surface area contributed by atoms with E-state index in [1.54, 1.807) is 0 Å². The van der Waals surface area contributed by atoms with Crippen molar-refractivity contribution in [2.75, 3.05) is 6.54 Å². The van der Waals surface area contributed by atoms with Crippen LogP contribution >= 0.6 is 0 Å². The number of nitrogens with one attached hydrogen (secondary N) is 2. The number of carbonyl (C=O) groups excluding carboxylic acids is 1. The van der Waals surface area contributed by atoms with Crippen LogP contribution in [0.1, 0.15) is 52.4 Å². The number of hydrogen-bond acceptors (Lipinski definition) is 3. The van der Waals surface area contributed by atoms with Crippen LogP contribution in [0.25, 0.3) is 0 Å². The molecular formula is C13H26N2O3. The van der Waals surface area contributed by atoms with Crippen molar-refractivity contribution in [3.63, 3.8) is 0 Å². The Morgan fingerprint density at radius 2 is 1.78 bits per heavy atom. The number of urea groups is 1. The molecule has 5 nitrogen and oxygen atoms in total. The molecule has 1 fully saturated rings. The van der Waals surface area contributed by atoms with Crippen molar-refractivity contribution in [3.8, 4) is 0 Å². The van der Waals surface area contributed by atoms with Gasteiger partial charge in [-0.3, -0.25) is 0 Å². The van der Waals surface area contributed by atoms with Gasteiger partial charge in [0.1, 0.15) is 0 Å². The molecule has 0 unspecified atom stereocenters. The highest BCUT2D eigenvalue weighted by molar-refractivity contribution is 5.74. The van der Waals surface area contributed by atoms with Crippen LogP contribution in [0.3, 0.4) is 0 Å². The van der Waals surface area contributed by atoms with Crippen LogP contribution in [0.15, 0.2) is 0 Å². The van der Waals surface area contributed by atoms with E-state index in [9.17, 15) is 15.0 Å². The molecule has 1 aliphatic carbocycles. The maximum Gasteiger partial charge on any atom is 0.315 e. The number of carbonyl (C=O) groups is 1. The second kappa shape index (κ2) is 6.95. The highest BCUT2D eigenvalue weighted by Crippen LogP contribution is 2.18. The third-order valence-corrected chi connectivity index (χ3v) is 3.93. The van der Waals surface area contributed by atoms with Crippen LogP contribution < -0.4 is 10.6 Å². The summed E-state index contributed by atoms with van der Waals surface area (Å²) in [5.41, 5.74) is -0.805. The van der Waals surface area contributed by atoms with E-state index >= 15 is 0 Å². The van der Waals surface area contributed by atoms with Gasteiger partial charge in [-0.15, -0.1) is 0 Å². The van der Waals surface area contributed by atoms with Crippen LogP contribution in [0, 0.1) is 0 Å². The normalized spacial score (nSPS) is 24.7. The molecule has 0 saturated heterocycles. The monoisotopic (exact) mass is 258 g/mol. The van der Waals surface area contributed by atoms with Gasteiger partial charge in [-0.05, 0) is 38.5 Å². The first kappa shape index (κ1) is 15.2. The minimum absolute atomic E-state index is 0.143. The van der Waals surface area contributed by atoms with Crippen molar-refractivity contribution in [1.29, 1.82) is 0 Å². The molecule has 106 valence electrons. The molecule has 0 aliphatic heterocycles. The summed E-state index contributed by atoms with van der Waals surface area (Å²) in [5.74, 6) is 0. The van der Waals surface area contributed by atoms with Gasteiger partial charge in [0.15, 0.2) is 0 Å². The zero-order valence-electron chi connectivity index (χ0n) is 11.4. The molecule has 0 aromatic rings. The van der Waals surface area contributed by atoms with Gasteiger partial charge >= 0.3 is 6.03 Å². The lowest BCUT2D eigenvalue weighted by atomic mass is 9.93. The number of amides is 2. The second-order valence-electron chi connectivity index (χ2n) is 5.26. The fraction of sp³-hybridized carbons (Fsp3) is 0.923. The first-order valence-electron chi connectivity index (χ1n) is 6.94. The summed E-state index contributed by atoms with van der Waals surface area (Å²) in [6, 6.07) is -0.0820. The van der Waals surface area contributed by atoms with Gasteiger partial charge in [0, 0.05) is 12.6 Å². The minimum Gasteiger partial charge on any atom is -0.393 e. The number of aliphatic hydroxyl groups is 2. The van der Waals surface area contributed by atoms with Crippen molar-refractivity contribution in [3.05, 3.63) is 0 Å². The van der Waals surface area contributed by atoms with Crippen molar-refractivity contribution >= 4 is 6.03 Å². The summed E-state index contributed by atoms with van der Waals surface area (Å²) in [6.07, 6.45) is 4.17. The Hall–Kier alpha value is -0.810. The topological polar surface area (TPSA) is 81.6 Å². The summed E-state index contributed by atoms with van der Waals surface area (Å²) in [5, 5.41) is 25.0. The van der Waals surface area contributed by atoms with Gasteiger partial charge in [0.2, 0.25) is 0 Å². The van der Waals surface area contributed by atoms with Gasteiger partial charge in [0.25, 0.3) is 0 Å². The number of hydrogen-bond donors (Lipinski definition) is 4. The first-order valence-corrected chi connectivity index (χ1v) is 6.94. The maximum absolute atomic E-state index is 11.7. The SMILES string of the molecule is CCC(O)(CC)CNC(=O)NC1CCC(O)CC1. The standard InChI is InChI=1S/C13H26N2O3/c1-3-13(18,4-2)9-14-12(17)15-10-5-7-11(16)8-6-10/h10-11,16,18H,3-9H2,1-2H3,(H2,14,15,17). The average molecular weight is 258 g/mol. The Morgan fingerprint density at radius 1 is 1.22 bits per heavy atom. The third kappa shape index (κ3) is 4.82. The zero-order chi connectivity index (χ0) is 13.6. The molecular weight excluding hydrogens is 232 g/mol. The maximum atomic E-state index is 11.7. The van der Waals surface area contributed by atoms with Crippen molar-refractivity contribution in [2.24, 2.45) is 0 Å². The number of rotatable bonds is 5. The Kier molecular flexibility index (Phi) is 5.88. The molecule has 5 heteroatoms. The first-order chi connectivity index (χ1) is 8.49. The summed E-state index contributed by atoms with van der Waals surface area (Å²) in [4.78, 5) is 11.7. The average Bonchev–Trinajstić information content (AvgIpc) is 2.39. The lowest BCUT2D eigenvalue weighted by Gasteiger charge is -2.28. The zero-order valence-corrected chi connectivity index (χ0v) is 11.4. The Bertz CT molecular complexity index is 259. The summed E-state index contributed by atoms with van der Waals surface area (Å²) in [6.45, 7) is 4.10. The van der Waals surface area contributed by atoms with Crippen LogP contribution in [0.4, 0.5) is 4.79 Å². The van der Waals surface area contributed by atoms with Crippen LogP contribution in [-0.4, -0.2) is 40.5 Å². The molecule has 0 aromatic carbocycles. The highest BCUT2D eigenvalue weighted by atomic mass is 16.3. The highest BCUT2D eigenvalue weighted by Gasteiger charge is 2.24. The molecule has 0 heterocycles. The predicted octanol–water partition coefficient (Wildman–Crippen LogP) is 1.14. The van der Waals surface area contributed by atoms with Gasteiger partial charge in [-0.1, -0.05) is 13.8 Å². The smallest absolute Gasteiger partial charge is 0.315 e. The van der Waals surface area contributed by atoms with Crippen molar-refractivity contribution in [1.82, 2.24) is 10.6 Å². The van der Waals surface area contributed by atoms with E-state index in [0.717, 1.165) is 25.7 Å². The van der Waals surface area contributed by atoms with E-state index in [2.05, 4.69) is 10.6 Å². The van der Waals surface area contributed by atoms with Gasteiger partial charge < -0.3 is 20.8 Å². The summed E-state index contributed by atoms with van der Waals surface area (Å²) in [7, 11) is 0. The molecule has 0 atom stereocenters. The molecule has 2 amide bonds. The van der Waals surface area contributed by atoms with E-state index in [1.807, 2.05) is 13.8 Å². The predicted molar refractivity (Wildman–Crippen MR) is 70.3 cm³/mol. The molecule has 1 aliphatic rings. The largest absolute Gasteiger partial charge is 0.393 e. The molecule has 1 rings (SSSR count). The lowest BCUT2D eigenvalue weighted by Crippen LogP contribution is -2.49. The van der Waals surface area contributed by atoms with Crippen LogP contribution in [-0.2, 0) is 0 Å². The third-order valence-electron chi connectivity index (χ3n) is 3.93. The van der Waals surface area contributed by atoms with Gasteiger partial charge in [-0.25, -0.2) is 4.79 Å². The van der Waals surface area contributed by atoms with E-state index in [1.165, 1.54) is 0 Å².